The van der Waals surface area contributed by atoms with Gasteiger partial charge in [0.15, 0.2) is 5.75 Å². The highest BCUT2D eigenvalue weighted by molar-refractivity contribution is 7.92. The fourth-order valence-corrected chi connectivity index (χ4v) is 7.83. The molecule has 15 heteroatoms. The van der Waals surface area contributed by atoms with E-state index >= 15 is 0 Å². The van der Waals surface area contributed by atoms with E-state index in [1.54, 1.807) is 23.7 Å². The van der Waals surface area contributed by atoms with Crippen LogP contribution in [0.15, 0.2) is 24.3 Å². The Kier molecular flexibility index (Phi) is 9.78. The number of sulfonamides is 1. The number of ether oxygens (including phenoxy) is 1. The van der Waals surface area contributed by atoms with Crippen molar-refractivity contribution in [1.29, 1.82) is 0 Å². The SMILES string of the molecule is COc1c(C(N)=O)cc(C(C)(C)C)c(-c2c(C(=O)O)n(C)c3c(CN4CCN(C(=O)[C@@H]5C[C@H](O)CN5C)CC4)cccc23)c1NS(C)(=O)=O. The number of fused-ring (bicyclic) bond motifs is 1. The Morgan fingerprint density at radius 2 is 1.73 bits per heavy atom. The van der Waals surface area contributed by atoms with Gasteiger partial charge in [0.2, 0.25) is 15.9 Å². The van der Waals surface area contributed by atoms with E-state index in [-0.39, 0.29) is 45.8 Å². The number of aromatic carboxylic acids is 1. The van der Waals surface area contributed by atoms with E-state index in [9.17, 15) is 33.0 Å². The number of nitrogens with zero attached hydrogens (tertiary/aromatic N) is 4. The molecule has 2 saturated heterocycles. The van der Waals surface area contributed by atoms with Gasteiger partial charge >= 0.3 is 5.97 Å². The minimum Gasteiger partial charge on any atom is -0.494 e. The number of methoxy groups -OCH3 is 1. The molecule has 2 aliphatic rings. The molecular formula is C34H46N6O8S. The Morgan fingerprint density at radius 1 is 1.08 bits per heavy atom. The monoisotopic (exact) mass is 698 g/mol. The number of β-amino-alcohol motifs (C(OH)–C–C–N with tert-alkyl or cyclic N) is 1. The van der Waals surface area contributed by atoms with E-state index in [4.69, 9.17) is 10.5 Å². The molecule has 14 nitrogen and oxygen atoms in total. The van der Waals surface area contributed by atoms with Crippen LogP contribution in [0.5, 0.6) is 5.75 Å². The number of para-hydroxylation sites is 1. The molecule has 2 aromatic carbocycles. The number of nitrogens with two attached hydrogens (primary N) is 1. The zero-order valence-electron chi connectivity index (χ0n) is 29.0. The molecule has 3 heterocycles. The van der Waals surface area contributed by atoms with Crippen molar-refractivity contribution in [2.45, 2.75) is 51.3 Å². The van der Waals surface area contributed by atoms with Crippen molar-refractivity contribution in [3.05, 3.63) is 46.6 Å². The van der Waals surface area contributed by atoms with Crippen LogP contribution in [-0.2, 0) is 33.8 Å². The van der Waals surface area contributed by atoms with Gasteiger partial charge in [-0.3, -0.25) is 24.1 Å². The topological polar surface area (TPSA) is 188 Å². The molecule has 0 bridgehead atoms. The molecule has 2 amide bonds. The molecule has 5 rings (SSSR count). The number of nitrogens with one attached hydrogen (secondary N) is 1. The molecule has 0 aliphatic carbocycles. The summed E-state index contributed by atoms with van der Waals surface area (Å²) in [7, 11) is 0.843. The number of piperazine rings is 1. The molecule has 1 aromatic heterocycles. The van der Waals surface area contributed by atoms with E-state index < -0.39 is 33.4 Å². The minimum absolute atomic E-state index is 0.0184. The zero-order chi connectivity index (χ0) is 36.2. The van der Waals surface area contributed by atoms with Gasteiger partial charge in [-0.2, -0.15) is 0 Å². The standard InChI is InChI=1S/C34H46N6O8S/c1-34(2,3)23-16-22(31(35)42)30(48-6)27(36-49(7,46)47)26(23)25-21-10-8-9-19(28(21)38(5)29(25)33(44)45)17-39-11-13-40(14-12-39)32(43)24-15-20(41)18-37(24)4/h8-10,16,20,24,36,41H,11-15,17-18H2,1-7H3,(H2,35,42)(H,44,45)/t20-,24-/m0/s1. The number of likely N-dealkylation sites (N-methyl/N-ethyl adjacent to an activating group) is 1. The number of aromatic nitrogens is 1. The number of rotatable bonds is 9. The molecule has 0 unspecified atom stereocenters. The highest BCUT2D eigenvalue weighted by Gasteiger charge is 2.38. The predicted octanol–water partition coefficient (Wildman–Crippen LogP) is 2.03. The maximum atomic E-state index is 13.2. The second-order valence-electron chi connectivity index (χ2n) is 14.1. The van der Waals surface area contributed by atoms with E-state index in [0.717, 1.165) is 11.8 Å². The Labute approximate surface area is 286 Å². The number of primary amides is 1. The first-order valence-electron chi connectivity index (χ1n) is 16.1. The summed E-state index contributed by atoms with van der Waals surface area (Å²) in [5, 5.41) is 21.3. The Balaban J connectivity index is 1.63. The molecule has 2 atom stereocenters. The van der Waals surface area contributed by atoms with Crippen LogP contribution in [0.4, 0.5) is 5.69 Å². The summed E-state index contributed by atoms with van der Waals surface area (Å²) in [6.45, 7) is 8.83. The summed E-state index contributed by atoms with van der Waals surface area (Å²) in [5.74, 6) is -2.16. The normalized spacial score (nSPS) is 19.4. The van der Waals surface area contributed by atoms with Crippen molar-refractivity contribution in [1.82, 2.24) is 19.3 Å². The number of hydrogen-bond acceptors (Lipinski definition) is 9. The van der Waals surface area contributed by atoms with Gasteiger partial charge in [0.1, 0.15) is 5.69 Å². The number of benzene rings is 2. The van der Waals surface area contributed by atoms with Crippen molar-refractivity contribution < 1.29 is 37.8 Å². The first-order chi connectivity index (χ1) is 22.8. The quantitative estimate of drug-likeness (QED) is 0.258. The smallest absolute Gasteiger partial charge is 0.353 e. The van der Waals surface area contributed by atoms with Crippen LogP contribution in [0.25, 0.3) is 22.0 Å². The number of likely N-dealkylation sites (tertiary alicyclic amines) is 1. The van der Waals surface area contributed by atoms with Gasteiger partial charge in [0, 0.05) is 62.8 Å². The van der Waals surface area contributed by atoms with Gasteiger partial charge < -0.3 is 30.2 Å². The Bertz CT molecular complexity index is 1920. The molecule has 2 aliphatic heterocycles. The number of aliphatic hydroxyl groups is 1. The van der Waals surface area contributed by atoms with Gasteiger partial charge in [0.05, 0.1) is 42.3 Å². The van der Waals surface area contributed by atoms with Crippen LogP contribution >= 0.6 is 0 Å². The zero-order valence-corrected chi connectivity index (χ0v) is 29.8. The van der Waals surface area contributed by atoms with Crippen LogP contribution < -0.4 is 15.2 Å². The van der Waals surface area contributed by atoms with E-state index in [1.807, 2.05) is 49.8 Å². The maximum absolute atomic E-state index is 13.2. The van der Waals surface area contributed by atoms with Crippen molar-refractivity contribution in [2.24, 2.45) is 12.8 Å². The van der Waals surface area contributed by atoms with Crippen LogP contribution in [0.3, 0.4) is 0 Å². The molecule has 0 radical (unpaired) electrons. The number of carbonyl (C=O) groups is 3. The van der Waals surface area contributed by atoms with Crippen LogP contribution in [0, 0.1) is 0 Å². The average Bonchev–Trinajstić information content (AvgIpc) is 3.50. The molecule has 5 N–H and O–H groups in total. The van der Waals surface area contributed by atoms with Crippen LogP contribution in [0.1, 0.15) is 59.2 Å². The largest absolute Gasteiger partial charge is 0.494 e. The van der Waals surface area contributed by atoms with Gasteiger partial charge in [-0.25, -0.2) is 13.2 Å². The van der Waals surface area contributed by atoms with E-state index in [0.29, 0.717) is 62.2 Å². The molecule has 266 valence electrons. The minimum atomic E-state index is -3.96. The lowest BCUT2D eigenvalue weighted by atomic mass is 9.79. The predicted molar refractivity (Wildman–Crippen MR) is 186 cm³/mol. The van der Waals surface area contributed by atoms with Gasteiger partial charge in [-0.15, -0.1) is 0 Å². The number of aryl methyl sites for hydroxylation is 1. The number of carbonyl (C=O) groups excluding carboxylic acids is 2. The lowest BCUT2D eigenvalue weighted by Gasteiger charge is -2.37. The highest BCUT2D eigenvalue weighted by Crippen LogP contribution is 2.49. The number of hydrogen-bond donors (Lipinski definition) is 4. The highest BCUT2D eigenvalue weighted by atomic mass is 32.2. The number of carboxylic acid groups (broad SMARTS) is 1. The molecular weight excluding hydrogens is 652 g/mol. The third-order valence-corrected chi connectivity index (χ3v) is 10.1. The fourth-order valence-electron chi connectivity index (χ4n) is 7.26. The second kappa shape index (κ2) is 13.3. The van der Waals surface area contributed by atoms with Crippen LogP contribution in [-0.4, -0.2) is 121 Å². The first kappa shape index (κ1) is 36.1. The molecule has 2 fully saturated rings. The van der Waals surface area contributed by atoms with Crippen molar-refractivity contribution in [3.63, 3.8) is 0 Å². The molecule has 49 heavy (non-hydrogen) atoms. The van der Waals surface area contributed by atoms with E-state index in [1.165, 1.54) is 7.11 Å². The first-order valence-corrected chi connectivity index (χ1v) is 18.0. The summed E-state index contributed by atoms with van der Waals surface area (Å²) in [6, 6.07) is 6.78. The molecule has 0 spiro atoms. The Morgan fingerprint density at radius 3 is 2.24 bits per heavy atom. The van der Waals surface area contributed by atoms with Crippen molar-refractivity contribution in [2.75, 3.05) is 57.9 Å². The number of carboxylic acids is 1. The lowest BCUT2D eigenvalue weighted by molar-refractivity contribution is -0.137. The third kappa shape index (κ3) is 6.98. The van der Waals surface area contributed by atoms with Gasteiger partial charge in [0.25, 0.3) is 5.91 Å². The van der Waals surface area contributed by atoms with Crippen LogP contribution in [0.2, 0.25) is 0 Å². The summed E-state index contributed by atoms with van der Waals surface area (Å²) < 4.78 is 35.3. The average molecular weight is 699 g/mol. The van der Waals surface area contributed by atoms with Crippen molar-refractivity contribution in [3.8, 4) is 16.9 Å². The van der Waals surface area contributed by atoms with Crippen molar-refractivity contribution >= 4 is 44.4 Å². The number of anilines is 1. The Hall–Kier alpha value is -4.18. The number of amides is 2. The van der Waals surface area contributed by atoms with Gasteiger partial charge in [-0.05, 0) is 36.1 Å². The molecule has 3 aromatic rings. The lowest BCUT2D eigenvalue weighted by Crippen LogP contribution is -2.52. The second-order valence-corrected chi connectivity index (χ2v) is 15.8. The third-order valence-electron chi connectivity index (χ3n) is 9.48. The maximum Gasteiger partial charge on any atom is 0.353 e. The summed E-state index contributed by atoms with van der Waals surface area (Å²) in [5.41, 5.74) is 7.38. The summed E-state index contributed by atoms with van der Waals surface area (Å²) >= 11 is 0. The van der Waals surface area contributed by atoms with Gasteiger partial charge in [-0.1, -0.05) is 39.0 Å². The fraction of sp³-hybridized carbons (Fsp3) is 0.500. The summed E-state index contributed by atoms with van der Waals surface area (Å²) in [4.78, 5) is 44.9. The van der Waals surface area contributed by atoms with E-state index in [2.05, 4.69) is 9.62 Å². The number of aliphatic hydroxyl groups excluding tert-OH is 1. The summed E-state index contributed by atoms with van der Waals surface area (Å²) in [6.07, 6.45) is 0.882. The molecule has 0 saturated carbocycles.